The van der Waals surface area contributed by atoms with Crippen LogP contribution in [0, 0.1) is 0 Å². The second-order valence-corrected chi connectivity index (χ2v) is 3.98. The highest BCUT2D eigenvalue weighted by Gasteiger charge is 2.09. The van der Waals surface area contributed by atoms with E-state index in [0.29, 0.717) is 0 Å². The Morgan fingerprint density at radius 2 is 2.21 bits per heavy atom. The average Bonchev–Trinajstić information content (AvgIpc) is 2.41. The van der Waals surface area contributed by atoms with E-state index in [2.05, 4.69) is 17.4 Å². The Labute approximate surface area is 85.0 Å². The lowest BCUT2D eigenvalue weighted by molar-refractivity contribution is 0.199. The molecule has 76 valence electrons. The number of hydrogen-bond acceptors (Lipinski definition) is 2. The van der Waals surface area contributed by atoms with Crippen molar-refractivity contribution in [1.29, 1.82) is 0 Å². The fraction of sp³-hybridized carbons (Fsp3) is 0.500. The highest BCUT2D eigenvalue weighted by Crippen LogP contribution is 2.25. The van der Waals surface area contributed by atoms with Gasteiger partial charge in [0.25, 0.3) is 0 Å². The lowest BCUT2D eigenvalue weighted by atomic mass is 10.0. The maximum Gasteiger partial charge on any atom is 0.0762 e. The molecule has 1 atom stereocenters. The van der Waals surface area contributed by atoms with Crippen LogP contribution in [0.25, 0.3) is 0 Å². The molecule has 1 heterocycles. The van der Waals surface area contributed by atoms with E-state index in [1.54, 1.807) is 6.92 Å². The summed E-state index contributed by atoms with van der Waals surface area (Å²) in [6.07, 6.45) is 3.28. The Hall–Kier alpha value is -1.02. The number of fused-ring (bicyclic) bond motifs is 1. The molecule has 2 heteroatoms. The summed E-state index contributed by atoms with van der Waals surface area (Å²) in [4.78, 5) is 0. The summed E-state index contributed by atoms with van der Waals surface area (Å²) in [6.45, 7) is 2.86. The Morgan fingerprint density at radius 1 is 1.36 bits per heavy atom. The van der Waals surface area contributed by atoms with Gasteiger partial charge in [-0.25, -0.2) is 0 Å². The molecule has 0 saturated heterocycles. The SMILES string of the molecule is CC(O)c1ccc2c(c1)NCCCC2. The van der Waals surface area contributed by atoms with Gasteiger partial charge in [0, 0.05) is 12.2 Å². The number of hydrogen-bond donors (Lipinski definition) is 2. The molecule has 1 aromatic rings. The molecule has 0 amide bonds. The lowest BCUT2D eigenvalue weighted by Gasteiger charge is -2.11. The van der Waals surface area contributed by atoms with E-state index in [0.717, 1.165) is 18.5 Å². The predicted octanol–water partition coefficient (Wildman–Crippen LogP) is 2.49. The minimum atomic E-state index is -0.370. The zero-order valence-corrected chi connectivity index (χ0v) is 8.59. The summed E-state index contributed by atoms with van der Waals surface area (Å²) in [7, 11) is 0. The van der Waals surface area contributed by atoms with Gasteiger partial charge in [-0.15, -0.1) is 0 Å². The summed E-state index contributed by atoms with van der Waals surface area (Å²) in [5, 5.41) is 12.9. The number of aliphatic hydroxyl groups excluding tert-OH is 1. The quantitative estimate of drug-likeness (QED) is 0.714. The standard InChI is InChI=1S/C12H17NO/c1-9(14)11-6-5-10-4-2-3-7-13-12(10)8-11/h5-6,8-9,13-14H,2-4,7H2,1H3. The number of aliphatic hydroxyl groups is 1. The van der Waals surface area contributed by atoms with Gasteiger partial charge in [-0.2, -0.15) is 0 Å². The van der Waals surface area contributed by atoms with Crippen LogP contribution in [0.15, 0.2) is 18.2 Å². The Morgan fingerprint density at radius 3 is 3.00 bits per heavy atom. The minimum Gasteiger partial charge on any atom is -0.389 e. The van der Waals surface area contributed by atoms with E-state index in [4.69, 9.17) is 0 Å². The molecule has 0 saturated carbocycles. The molecule has 1 aliphatic heterocycles. The summed E-state index contributed by atoms with van der Waals surface area (Å²) < 4.78 is 0. The van der Waals surface area contributed by atoms with Crippen molar-refractivity contribution in [1.82, 2.24) is 0 Å². The van der Waals surface area contributed by atoms with Crippen LogP contribution >= 0.6 is 0 Å². The molecule has 2 nitrogen and oxygen atoms in total. The van der Waals surface area contributed by atoms with Gasteiger partial charge in [-0.1, -0.05) is 12.1 Å². The molecule has 0 fully saturated rings. The highest BCUT2D eigenvalue weighted by atomic mass is 16.3. The van der Waals surface area contributed by atoms with Gasteiger partial charge in [0.15, 0.2) is 0 Å². The van der Waals surface area contributed by atoms with Crippen LogP contribution < -0.4 is 5.32 Å². The van der Waals surface area contributed by atoms with Gasteiger partial charge in [0.1, 0.15) is 0 Å². The Balaban J connectivity index is 2.32. The molecular formula is C12H17NO. The van der Waals surface area contributed by atoms with E-state index in [1.165, 1.54) is 24.1 Å². The monoisotopic (exact) mass is 191 g/mol. The average molecular weight is 191 g/mol. The normalized spacial score (nSPS) is 17.9. The maximum atomic E-state index is 9.47. The van der Waals surface area contributed by atoms with Crippen LogP contribution in [-0.2, 0) is 6.42 Å². The van der Waals surface area contributed by atoms with Gasteiger partial charge in [-0.05, 0) is 43.4 Å². The first kappa shape index (κ1) is 9.53. The molecule has 0 aliphatic carbocycles. The van der Waals surface area contributed by atoms with E-state index in [9.17, 15) is 5.11 Å². The summed E-state index contributed by atoms with van der Waals surface area (Å²) >= 11 is 0. The predicted molar refractivity (Wildman–Crippen MR) is 58.5 cm³/mol. The van der Waals surface area contributed by atoms with Crippen molar-refractivity contribution >= 4 is 5.69 Å². The minimum absolute atomic E-state index is 0.370. The smallest absolute Gasteiger partial charge is 0.0762 e. The highest BCUT2D eigenvalue weighted by molar-refractivity contribution is 5.54. The Kier molecular flexibility index (Phi) is 2.73. The number of anilines is 1. The van der Waals surface area contributed by atoms with Crippen LogP contribution in [0.4, 0.5) is 5.69 Å². The van der Waals surface area contributed by atoms with E-state index in [-0.39, 0.29) is 6.10 Å². The van der Waals surface area contributed by atoms with E-state index >= 15 is 0 Å². The topological polar surface area (TPSA) is 32.3 Å². The molecule has 2 N–H and O–H groups in total. The van der Waals surface area contributed by atoms with Crippen LogP contribution in [0.2, 0.25) is 0 Å². The van der Waals surface area contributed by atoms with E-state index < -0.39 is 0 Å². The van der Waals surface area contributed by atoms with Crippen molar-refractivity contribution in [3.63, 3.8) is 0 Å². The molecule has 0 radical (unpaired) electrons. The van der Waals surface area contributed by atoms with Crippen molar-refractivity contribution in [2.75, 3.05) is 11.9 Å². The molecule has 0 bridgehead atoms. The van der Waals surface area contributed by atoms with Gasteiger partial charge in [-0.3, -0.25) is 0 Å². The first-order valence-corrected chi connectivity index (χ1v) is 5.32. The van der Waals surface area contributed by atoms with Crippen molar-refractivity contribution in [3.05, 3.63) is 29.3 Å². The third kappa shape index (κ3) is 1.90. The van der Waals surface area contributed by atoms with Gasteiger partial charge in [0.2, 0.25) is 0 Å². The third-order valence-corrected chi connectivity index (χ3v) is 2.80. The van der Waals surface area contributed by atoms with E-state index in [1.807, 2.05) is 6.07 Å². The van der Waals surface area contributed by atoms with Gasteiger partial charge < -0.3 is 10.4 Å². The zero-order valence-electron chi connectivity index (χ0n) is 8.59. The van der Waals surface area contributed by atoms with Gasteiger partial charge in [0.05, 0.1) is 6.10 Å². The number of rotatable bonds is 1. The summed E-state index contributed by atoms with van der Waals surface area (Å²) in [6, 6.07) is 6.23. The van der Waals surface area contributed by atoms with Crippen molar-refractivity contribution in [3.8, 4) is 0 Å². The van der Waals surface area contributed by atoms with Crippen molar-refractivity contribution < 1.29 is 5.11 Å². The largest absolute Gasteiger partial charge is 0.389 e. The maximum absolute atomic E-state index is 9.47. The number of benzene rings is 1. The first-order valence-electron chi connectivity index (χ1n) is 5.32. The second kappa shape index (κ2) is 4.01. The van der Waals surface area contributed by atoms with Crippen LogP contribution in [0.3, 0.4) is 0 Å². The molecule has 0 spiro atoms. The Bertz CT molecular complexity index is 320. The van der Waals surface area contributed by atoms with Crippen LogP contribution in [0.5, 0.6) is 0 Å². The molecule has 0 aromatic heterocycles. The summed E-state index contributed by atoms with van der Waals surface area (Å²) in [5.41, 5.74) is 3.59. The lowest BCUT2D eigenvalue weighted by Crippen LogP contribution is -2.01. The van der Waals surface area contributed by atoms with Gasteiger partial charge >= 0.3 is 0 Å². The number of nitrogens with one attached hydrogen (secondary N) is 1. The fourth-order valence-electron chi connectivity index (χ4n) is 1.90. The number of aryl methyl sites for hydroxylation is 1. The molecule has 1 aromatic carbocycles. The molecule has 1 aliphatic rings. The second-order valence-electron chi connectivity index (χ2n) is 3.98. The zero-order chi connectivity index (χ0) is 9.97. The first-order chi connectivity index (χ1) is 6.77. The van der Waals surface area contributed by atoms with Crippen LogP contribution in [-0.4, -0.2) is 11.7 Å². The van der Waals surface area contributed by atoms with Crippen LogP contribution in [0.1, 0.15) is 37.0 Å². The molecular weight excluding hydrogens is 174 g/mol. The molecule has 14 heavy (non-hydrogen) atoms. The fourth-order valence-corrected chi connectivity index (χ4v) is 1.90. The van der Waals surface area contributed by atoms with Crippen molar-refractivity contribution in [2.45, 2.75) is 32.3 Å². The third-order valence-electron chi connectivity index (χ3n) is 2.80. The summed E-state index contributed by atoms with van der Waals surface area (Å²) in [5.74, 6) is 0. The molecule has 2 rings (SSSR count). The molecule has 1 unspecified atom stereocenters. The van der Waals surface area contributed by atoms with Crippen molar-refractivity contribution in [2.24, 2.45) is 0 Å².